The van der Waals surface area contributed by atoms with Crippen molar-refractivity contribution in [3.8, 4) is 0 Å². The van der Waals surface area contributed by atoms with E-state index in [-0.39, 0.29) is 0 Å². The summed E-state index contributed by atoms with van der Waals surface area (Å²) in [4.78, 5) is 34.5. The smallest absolute Gasteiger partial charge is 0.365 e. The predicted molar refractivity (Wildman–Crippen MR) is 74.3 cm³/mol. The van der Waals surface area contributed by atoms with Gasteiger partial charge in [0, 0.05) is 0 Å². The molecule has 0 aromatic rings. The van der Waals surface area contributed by atoms with E-state index < -0.39 is 72.7 Å². The molecule has 0 saturated carbocycles. The number of aliphatic hydroxyl groups is 5. The summed E-state index contributed by atoms with van der Waals surface area (Å²) in [5.41, 5.74) is 5.63. The Morgan fingerprint density at radius 3 is 2.25 bits per heavy atom. The Labute approximate surface area is 136 Å². The highest BCUT2D eigenvalue weighted by molar-refractivity contribution is 6.01. The van der Waals surface area contributed by atoms with Gasteiger partial charge < -0.3 is 41.1 Å². The summed E-state index contributed by atoms with van der Waals surface area (Å²) in [5, 5.41) is 57.7. The lowest BCUT2D eigenvalue weighted by Crippen LogP contribution is -2.71. The van der Waals surface area contributed by atoms with Gasteiger partial charge in [-0.1, -0.05) is 0 Å². The summed E-state index contributed by atoms with van der Waals surface area (Å²) in [6, 6.07) is -1.58. The van der Waals surface area contributed by atoms with E-state index in [0.29, 0.717) is 0 Å². The third-order valence-corrected chi connectivity index (χ3v) is 3.85. The van der Waals surface area contributed by atoms with E-state index in [4.69, 9.17) is 15.6 Å². The first kappa shape index (κ1) is 20.6. The number of ketones is 2. The van der Waals surface area contributed by atoms with Crippen LogP contribution in [-0.4, -0.2) is 91.0 Å². The van der Waals surface area contributed by atoms with Crippen LogP contribution in [0.3, 0.4) is 0 Å². The number of carbonyl (C=O) groups is 3. The highest BCUT2D eigenvalue weighted by atomic mass is 16.7. The van der Waals surface area contributed by atoms with Gasteiger partial charge in [-0.3, -0.25) is 9.59 Å². The molecule has 1 fully saturated rings. The van der Waals surface area contributed by atoms with Crippen LogP contribution in [0, 0.1) is 5.92 Å². The van der Waals surface area contributed by atoms with Gasteiger partial charge in [-0.2, -0.15) is 0 Å². The fourth-order valence-corrected chi connectivity index (χ4v) is 2.58. The van der Waals surface area contributed by atoms with E-state index in [1.54, 1.807) is 0 Å². The van der Waals surface area contributed by atoms with Crippen LogP contribution in [0.4, 0.5) is 0 Å². The average molecular weight is 351 g/mol. The van der Waals surface area contributed by atoms with E-state index in [0.717, 1.165) is 6.92 Å². The molecule has 1 aliphatic rings. The zero-order chi connectivity index (χ0) is 18.8. The number of aliphatic carboxylic acids is 1. The minimum absolute atomic E-state index is 0.633. The number of nitrogens with two attached hydrogens (primary N) is 1. The summed E-state index contributed by atoms with van der Waals surface area (Å²) < 4.78 is 4.84. The van der Waals surface area contributed by atoms with Crippen molar-refractivity contribution < 1.29 is 49.8 Å². The maximum absolute atomic E-state index is 12.1. The molecule has 11 heteroatoms. The van der Waals surface area contributed by atoms with Crippen LogP contribution in [0.5, 0.6) is 0 Å². The van der Waals surface area contributed by atoms with Crippen molar-refractivity contribution in [3.05, 3.63) is 0 Å². The minimum atomic E-state index is -3.28. The predicted octanol–water partition coefficient (Wildman–Crippen LogP) is -4.27. The van der Waals surface area contributed by atoms with Crippen LogP contribution >= 0.6 is 0 Å². The SMILES string of the molecule is CC(=O)CC(=O)C1[C@H](O)[C@@H](N)[C@H]([C@H](O)[C@H](O)CO)OC1(O)C(=O)O. The summed E-state index contributed by atoms with van der Waals surface area (Å²) in [6.45, 7) is 0.125. The van der Waals surface area contributed by atoms with Crippen molar-refractivity contribution in [1.29, 1.82) is 0 Å². The van der Waals surface area contributed by atoms with Gasteiger partial charge in [-0.25, -0.2) is 4.79 Å². The average Bonchev–Trinajstić information content (AvgIpc) is 2.48. The molecular weight excluding hydrogens is 330 g/mol. The topological polar surface area (TPSA) is 208 Å². The van der Waals surface area contributed by atoms with Gasteiger partial charge >= 0.3 is 5.97 Å². The number of rotatable bonds is 7. The molecule has 1 saturated heterocycles. The normalized spacial score (nSPS) is 36.0. The molecule has 0 aromatic heterocycles. The highest BCUT2D eigenvalue weighted by Crippen LogP contribution is 2.35. The molecule has 24 heavy (non-hydrogen) atoms. The maximum atomic E-state index is 12.1. The molecule has 0 amide bonds. The third kappa shape index (κ3) is 3.78. The zero-order valence-electron chi connectivity index (χ0n) is 12.8. The van der Waals surface area contributed by atoms with Crippen LogP contribution in [-0.2, 0) is 19.1 Å². The van der Waals surface area contributed by atoms with E-state index in [1.165, 1.54) is 0 Å². The molecule has 2 unspecified atom stereocenters. The second-order valence-corrected chi connectivity index (χ2v) is 5.72. The van der Waals surface area contributed by atoms with Crippen molar-refractivity contribution in [1.82, 2.24) is 0 Å². The van der Waals surface area contributed by atoms with Crippen molar-refractivity contribution in [2.24, 2.45) is 11.7 Å². The first-order valence-corrected chi connectivity index (χ1v) is 7.03. The second-order valence-electron chi connectivity index (χ2n) is 5.72. The Morgan fingerprint density at radius 2 is 1.83 bits per heavy atom. The van der Waals surface area contributed by atoms with Crippen LogP contribution in [0.15, 0.2) is 0 Å². The largest absolute Gasteiger partial charge is 0.477 e. The van der Waals surface area contributed by atoms with Gasteiger partial charge in [0.25, 0.3) is 5.79 Å². The summed E-state index contributed by atoms with van der Waals surface area (Å²) in [5.74, 6) is -9.14. The molecule has 0 aromatic carbocycles. The summed E-state index contributed by atoms with van der Waals surface area (Å²) in [6.07, 6.45) is -8.30. The molecule has 1 heterocycles. The number of carboxylic acids is 1. The molecule has 1 aliphatic heterocycles. The Balaban J connectivity index is 3.24. The molecule has 0 aliphatic carbocycles. The van der Waals surface area contributed by atoms with Crippen LogP contribution < -0.4 is 5.73 Å². The number of carboxylic acid groups (broad SMARTS) is 1. The van der Waals surface area contributed by atoms with E-state index in [2.05, 4.69) is 0 Å². The number of ether oxygens (including phenoxy) is 1. The van der Waals surface area contributed by atoms with Crippen LogP contribution in [0.1, 0.15) is 13.3 Å². The lowest BCUT2D eigenvalue weighted by molar-refractivity contribution is -0.311. The molecule has 138 valence electrons. The van der Waals surface area contributed by atoms with Crippen molar-refractivity contribution in [2.75, 3.05) is 6.61 Å². The van der Waals surface area contributed by atoms with Gasteiger partial charge in [0.1, 0.15) is 30.0 Å². The van der Waals surface area contributed by atoms with Gasteiger partial charge in [-0.05, 0) is 6.92 Å². The van der Waals surface area contributed by atoms with Crippen molar-refractivity contribution >= 4 is 17.5 Å². The monoisotopic (exact) mass is 351 g/mol. The molecule has 0 spiro atoms. The Hall–Kier alpha value is -1.47. The van der Waals surface area contributed by atoms with E-state index in [9.17, 15) is 39.9 Å². The zero-order valence-corrected chi connectivity index (χ0v) is 12.8. The Morgan fingerprint density at radius 1 is 1.29 bits per heavy atom. The Kier molecular flexibility index (Phi) is 6.52. The van der Waals surface area contributed by atoms with Crippen molar-refractivity contribution in [2.45, 2.75) is 49.6 Å². The molecule has 0 bridgehead atoms. The van der Waals surface area contributed by atoms with Gasteiger partial charge in [-0.15, -0.1) is 0 Å². The van der Waals surface area contributed by atoms with Gasteiger partial charge in [0.2, 0.25) is 0 Å². The van der Waals surface area contributed by atoms with Crippen LogP contribution in [0.25, 0.3) is 0 Å². The van der Waals surface area contributed by atoms with Crippen LogP contribution in [0.2, 0.25) is 0 Å². The van der Waals surface area contributed by atoms with E-state index in [1.807, 2.05) is 0 Å². The lowest BCUT2D eigenvalue weighted by Gasteiger charge is -2.47. The fraction of sp³-hybridized carbons (Fsp3) is 0.769. The number of hydrogen-bond donors (Lipinski definition) is 7. The standard InChI is InChI=1S/C13H21NO10/c1-4(16)2-5(17)7-10(20)8(14)11(9(19)6(18)3-15)24-13(7,23)12(21)22/h6-11,15,18-20,23H,2-3,14H2,1H3,(H,21,22)/t6-,7?,8-,9-,10+,11-,13?/m1/s1. The highest BCUT2D eigenvalue weighted by Gasteiger charge is 2.61. The summed E-state index contributed by atoms with van der Waals surface area (Å²) in [7, 11) is 0. The number of hydrogen-bond acceptors (Lipinski definition) is 10. The van der Waals surface area contributed by atoms with Gasteiger partial charge in [0.05, 0.1) is 25.2 Å². The second kappa shape index (κ2) is 7.61. The molecule has 7 atom stereocenters. The summed E-state index contributed by atoms with van der Waals surface area (Å²) >= 11 is 0. The Bertz CT molecular complexity index is 511. The number of carbonyl (C=O) groups excluding carboxylic acids is 2. The van der Waals surface area contributed by atoms with E-state index >= 15 is 0 Å². The number of Topliss-reactive ketones (excluding diaryl/α,β-unsaturated/α-hetero) is 2. The maximum Gasteiger partial charge on any atom is 0.365 e. The first-order chi connectivity index (χ1) is 11.0. The molecule has 1 rings (SSSR count). The minimum Gasteiger partial charge on any atom is -0.477 e. The first-order valence-electron chi connectivity index (χ1n) is 7.03. The number of aliphatic hydroxyl groups excluding tert-OH is 4. The lowest BCUT2D eigenvalue weighted by atomic mass is 9.77. The van der Waals surface area contributed by atoms with Gasteiger partial charge in [0.15, 0.2) is 5.78 Å². The molecule has 8 N–H and O–H groups in total. The quantitative estimate of drug-likeness (QED) is 0.218. The van der Waals surface area contributed by atoms with Crippen molar-refractivity contribution in [3.63, 3.8) is 0 Å². The fourth-order valence-electron chi connectivity index (χ4n) is 2.58. The molecular formula is C13H21NO10. The third-order valence-electron chi connectivity index (χ3n) is 3.85. The molecule has 0 radical (unpaired) electrons. The molecule has 11 nitrogen and oxygen atoms in total.